The largest absolute Gasteiger partial charge is 0.331 e. The molecule has 3 rings (SSSR count). The molecule has 22 heavy (non-hydrogen) atoms. The molecule has 1 atom stereocenters. The third-order valence-electron chi connectivity index (χ3n) is 4.06. The molecule has 0 spiro atoms. The number of nitrogens with one attached hydrogen (secondary N) is 1. The molecule has 4 heteroatoms. The molecule has 1 aromatic heterocycles. The first-order chi connectivity index (χ1) is 10.4. The minimum Gasteiger partial charge on any atom is -0.331 e. The number of imidazole rings is 1. The van der Waals surface area contributed by atoms with E-state index >= 15 is 0 Å². The van der Waals surface area contributed by atoms with Crippen LogP contribution in [0.4, 0.5) is 0 Å². The number of hydrogen-bond acceptors (Lipinski definition) is 2. The van der Waals surface area contributed by atoms with Gasteiger partial charge in [0.15, 0.2) is 0 Å². The van der Waals surface area contributed by atoms with Gasteiger partial charge in [-0.05, 0) is 19.3 Å². The zero-order chi connectivity index (χ0) is 14.3. The molecule has 0 amide bonds. The van der Waals surface area contributed by atoms with Crippen molar-refractivity contribution in [2.45, 2.75) is 38.3 Å². The monoisotopic (exact) mass is 317 g/mol. The van der Waals surface area contributed by atoms with Crippen LogP contribution in [0.15, 0.2) is 54.9 Å². The first-order valence-electron chi connectivity index (χ1n) is 7.88. The van der Waals surface area contributed by atoms with Crippen LogP contribution in [0.1, 0.15) is 25.7 Å². The molecule has 2 aromatic rings. The Bertz CT molecular complexity index is 577. The molecule has 3 nitrogen and oxygen atoms in total. The van der Waals surface area contributed by atoms with Crippen molar-refractivity contribution in [1.82, 2.24) is 14.9 Å². The molecular formula is C18H24ClN3. The molecular weight excluding hydrogens is 294 g/mol. The molecule has 0 radical (unpaired) electrons. The van der Waals surface area contributed by atoms with E-state index < -0.39 is 0 Å². The second-order valence-corrected chi connectivity index (χ2v) is 5.62. The van der Waals surface area contributed by atoms with Crippen LogP contribution in [0, 0.1) is 0 Å². The van der Waals surface area contributed by atoms with Crippen LogP contribution < -0.4 is 5.32 Å². The lowest BCUT2D eigenvalue weighted by atomic mass is 10.0. The number of nitrogens with zero attached hydrogens (tertiary/aromatic N) is 2. The Kier molecular flexibility index (Phi) is 6.69. The molecule has 0 fully saturated rings. The Morgan fingerprint density at radius 3 is 2.77 bits per heavy atom. The standard InChI is InChI=1S/C18H23N3.ClH/c1-2-8-16(9-3-1)18-20-13-15-21(18)14-7-5-11-17-10-4-6-12-19-17;/h1-4,6,8-9,13,15,17,19H,5,7,10-12,14H2;1H. The number of halogens is 1. The highest BCUT2D eigenvalue weighted by Gasteiger charge is 2.09. The molecule has 1 N–H and O–H groups in total. The molecule has 1 aliphatic rings. The normalized spacial score (nSPS) is 17.2. The van der Waals surface area contributed by atoms with Gasteiger partial charge in [-0.3, -0.25) is 0 Å². The van der Waals surface area contributed by atoms with Crippen LogP contribution >= 0.6 is 12.4 Å². The maximum atomic E-state index is 4.50. The van der Waals surface area contributed by atoms with Crippen LogP contribution in [-0.4, -0.2) is 22.1 Å². The lowest BCUT2D eigenvalue weighted by molar-refractivity contribution is 0.459. The summed E-state index contributed by atoms with van der Waals surface area (Å²) in [6.07, 6.45) is 13.4. The Morgan fingerprint density at radius 2 is 2.00 bits per heavy atom. The highest BCUT2D eigenvalue weighted by molar-refractivity contribution is 5.85. The first-order valence-corrected chi connectivity index (χ1v) is 7.88. The molecule has 1 aliphatic heterocycles. The Balaban J connectivity index is 0.00000176. The van der Waals surface area contributed by atoms with Crippen LogP contribution in [0.2, 0.25) is 0 Å². The van der Waals surface area contributed by atoms with Crippen LogP contribution in [0.25, 0.3) is 11.4 Å². The summed E-state index contributed by atoms with van der Waals surface area (Å²) in [5.41, 5.74) is 1.20. The van der Waals surface area contributed by atoms with Gasteiger partial charge in [-0.2, -0.15) is 0 Å². The smallest absolute Gasteiger partial charge is 0.139 e. The van der Waals surface area contributed by atoms with E-state index in [2.05, 4.69) is 57.5 Å². The Morgan fingerprint density at radius 1 is 1.14 bits per heavy atom. The number of hydrogen-bond donors (Lipinski definition) is 1. The summed E-state index contributed by atoms with van der Waals surface area (Å²) in [5.74, 6) is 1.08. The summed E-state index contributed by atoms with van der Waals surface area (Å²) < 4.78 is 2.27. The number of aromatic nitrogens is 2. The number of benzene rings is 1. The molecule has 0 bridgehead atoms. The van der Waals surface area contributed by atoms with Gasteiger partial charge in [-0.15, -0.1) is 12.4 Å². The van der Waals surface area contributed by atoms with Crippen molar-refractivity contribution in [2.75, 3.05) is 6.54 Å². The van der Waals surface area contributed by atoms with E-state index in [9.17, 15) is 0 Å². The summed E-state index contributed by atoms with van der Waals surface area (Å²) in [4.78, 5) is 4.50. The number of rotatable bonds is 6. The Hall–Kier alpha value is -1.58. The van der Waals surface area contributed by atoms with E-state index in [1.165, 1.54) is 31.2 Å². The van der Waals surface area contributed by atoms with E-state index in [1.54, 1.807) is 0 Å². The lowest BCUT2D eigenvalue weighted by Crippen LogP contribution is -2.31. The van der Waals surface area contributed by atoms with Gasteiger partial charge in [0.1, 0.15) is 5.82 Å². The van der Waals surface area contributed by atoms with E-state index in [1.807, 2.05) is 12.3 Å². The van der Waals surface area contributed by atoms with Crippen molar-refractivity contribution in [3.8, 4) is 11.4 Å². The fourth-order valence-electron chi connectivity index (χ4n) is 2.89. The van der Waals surface area contributed by atoms with Gasteiger partial charge >= 0.3 is 0 Å². The lowest BCUT2D eigenvalue weighted by Gasteiger charge is -2.19. The van der Waals surface area contributed by atoms with E-state index in [0.717, 1.165) is 18.9 Å². The highest BCUT2D eigenvalue weighted by atomic mass is 35.5. The van der Waals surface area contributed by atoms with Crippen molar-refractivity contribution >= 4 is 12.4 Å². The maximum Gasteiger partial charge on any atom is 0.139 e. The summed E-state index contributed by atoms with van der Waals surface area (Å²) in [7, 11) is 0. The molecule has 0 aliphatic carbocycles. The quantitative estimate of drug-likeness (QED) is 0.643. The minimum atomic E-state index is 0. The van der Waals surface area contributed by atoms with Crippen molar-refractivity contribution in [1.29, 1.82) is 0 Å². The Labute approximate surface area is 138 Å². The fraction of sp³-hybridized carbons (Fsp3) is 0.389. The predicted octanol–water partition coefficient (Wildman–Crippen LogP) is 4.06. The molecule has 0 saturated carbocycles. The van der Waals surface area contributed by atoms with E-state index in [4.69, 9.17) is 0 Å². The molecule has 0 saturated heterocycles. The van der Waals surface area contributed by atoms with E-state index in [0.29, 0.717) is 6.04 Å². The predicted molar refractivity (Wildman–Crippen MR) is 94.3 cm³/mol. The molecule has 118 valence electrons. The van der Waals surface area contributed by atoms with Crippen molar-refractivity contribution < 1.29 is 0 Å². The third kappa shape index (κ3) is 4.46. The zero-order valence-electron chi connectivity index (χ0n) is 12.8. The summed E-state index contributed by atoms with van der Waals surface area (Å²) in [5, 5.41) is 3.54. The average Bonchev–Trinajstić information content (AvgIpc) is 3.02. The SMILES string of the molecule is C1=CCC(CCCCn2ccnc2-c2ccccc2)NC1.Cl. The van der Waals surface area contributed by atoms with E-state index in [-0.39, 0.29) is 12.4 Å². The first kappa shape index (κ1) is 16.8. The van der Waals surface area contributed by atoms with Crippen LogP contribution in [-0.2, 0) is 6.54 Å². The molecule has 1 unspecified atom stereocenters. The second-order valence-electron chi connectivity index (χ2n) is 5.62. The fourth-order valence-corrected chi connectivity index (χ4v) is 2.89. The van der Waals surface area contributed by atoms with Gasteiger partial charge in [0, 0.05) is 37.1 Å². The van der Waals surface area contributed by atoms with Crippen molar-refractivity contribution in [3.63, 3.8) is 0 Å². The molecule has 1 aromatic carbocycles. The van der Waals surface area contributed by atoms with Crippen LogP contribution in [0.3, 0.4) is 0 Å². The summed E-state index contributed by atoms with van der Waals surface area (Å²) in [6, 6.07) is 11.1. The number of aryl methyl sites for hydroxylation is 1. The van der Waals surface area contributed by atoms with Gasteiger partial charge in [0.05, 0.1) is 0 Å². The zero-order valence-corrected chi connectivity index (χ0v) is 13.6. The maximum absolute atomic E-state index is 4.50. The van der Waals surface area contributed by atoms with Gasteiger partial charge in [0.2, 0.25) is 0 Å². The van der Waals surface area contributed by atoms with Gasteiger partial charge in [0.25, 0.3) is 0 Å². The van der Waals surface area contributed by atoms with Crippen LogP contribution in [0.5, 0.6) is 0 Å². The highest BCUT2D eigenvalue weighted by Crippen LogP contribution is 2.18. The second kappa shape index (κ2) is 8.76. The molecule has 2 heterocycles. The van der Waals surface area contributed by atoms with Gasteiger partial charge < -0.3 is 9.88 Å². The van der Waals surface area contributed by atoms with Crippen molar-refractivity contribution in [2.24, 2.45) is 0 Å². The topological polar surface area (TPSA) is 29.9 Å². The summed E-state index contributed by atoms with van der Waals surface area (Å²) >= 11 is 0. The average molecular weight is 318 g/mol. The third-order valence-corrected chi connectivity index (χ3v) is 4.06. The van der Waals surface area contributed by atoms with Gasteiger partial charge in [-0.25, -0.2) is 4.98 Å². The number of unbranched alkanes of at least 4 members (excludes halogenated alkanes) is 1. The summed E-state index contributed by atoms with van der Waals surface area (Å²) in [6.45, 7) is 2.08. The minimum absolute atomic E-state index is 0. The van der Waals surface area contributed by atoms with Crippen molar-refractivity contribution in [3.05, 3.63) is 54.9 Å². The van der Waals surface area contributed by atoms with Gasteiger partial charge in [-0.1, -0.05) is 48.9 Å².